The number of para-hydroxylation sites is 1. The van der Waals surface area contributed by atoms with Gasteiger partial charge >= 0.3 is 0 Å². The van der Waals surface area contributed by atoms with E-state index >= 15 is 0 Å². The largest absolute Gasteiger partial charge is 0.494 e. The van der Waals surface area contributed by atoms with Gasteiger partial charge in [0, 0.05) is 48.9 Å². The Kier molecular flexibility index (Phi) is 6.59. The number of anilines is 1. The van der Waals surface area contributed by atoms with Crippen LogP contribution in [0.4, 0.5) is 5.82 Å². The van der Waals surface area contributed by atoms with E-state index in [0.29, 0.717) is 34.9 Å². The van der Waals surface area contributed by atoms with Gasteiger partial charge in [0.2, 0.25) is 0 Å². The normalized spacial score (nSPS) is 11.5. The molecular weight excluding hydrogens is 430 g/mol. The van der Waals surface area contributed by atoms with Crippen molar-refractivity contribution in [1.29, 1.82) is 5.26 Å². The molecule has 9 heteroatoms. The van der Waals surface area contributed by atoms with Crippen LogP contribution in [0.3, 0.4) is 0 Å². The van der Waals surface area contributed by atoms with Gasteiger partial charge in [-0.25, -0.2) is 15.0 Å². The summed E-state index contributed by atoms with van der Waals surface area (Å²) in [5, 5.41) is 16.0. The van der Waals surface area contributed by atoms with E-state index in [2.05, 4.69) is 37.5 Å². The highest BCUT2D eigenvalue weighted by atomic mass is 16.5. The van der Waals surface area contributed by atoms with Crippen molar-refractivity contribution in [2.45, 2.75) is 12.8 Å². The molecule has 4 aromatic rings. The summed E-state index contributed by atoms with van der Waals surface area (Å²) in [6.07, 6.45) is 4.72. The number of ether oxygens (including phenoxy) is 1. The first-order chi connectivity index (χ1) is 16.5. The molecule has 3 heterocycles. The Morgan fingerprint density at radius 3 is 2.79 bits per heavy atom. The third-order valence-electron chi connectivity index (χ3n) is 5.54. The van der Waals surface area contributed by atoms with Gasteiger partial charge in [-0.15, -0.1) is 0 Å². The van der Waals surface area contributed by atoms with Crippen molar-refractivity contribution in [2.24, 2.45) is 0 Å². The van der Waals surface area contributed by atoms with E-state index in [4.69, 9.17) is 10.00 Å². The van der Waals surface area contributed by atoms with Crippen LogP contribution in [-0.4, -0.2) is 46.5 Å². The topological polar surface area (TPSA) is 126 Å². The number of fused-ring (bicyclic) bond motifs is 1. The lowest BCUT2D eigenvalue weighted by Gasteiger charge is -2.16. The van der Waals surface area contributed by atoms with Gasteiger partial charge in [0.1, 0.15) is 18.2 Å². The van der Waals surface area contributed by atoms with Crippen LogP contribution < -0.4 is 15.4 Å². The second-order valence-electron chi connectivity index (χ2n) is 7.64. The number of carbonyl (C=O) groups excluding carboxylic acids is 1. The van der Waals surface area contributed by atoms with Gasteiger partial charge in [0.05, 0.1) is 23.9 Å². The minimum atomic E-state index is -0.141. The van der Waals surface area contributed by atoms with Crippen LogP contribution in [-0.2, 0) is 0 Å². The van der Waals surface area contributed by atoms with Crippen molar-refractivity contribution in [3.63, 3.8) is 0 Å². The van der Waals surface area contributed by atoms with E-state index in [0.717, 1.165) is 16.5 Å². The van der Waals surface area contributed by atoms with E-state index in [1.807, 2.05) is 30.3 Å². The fourth-order valence-corrected chi connectivity index (χ4v) is 3.73. The summed E-state index contributed by atoms with van der Waals surface area (Å²) in [7, 11) is 3.11. The van der Waals surface area contributed by atoms with E-state index in [-0.39, 0.29) is 17.5 Å². The number of methoxy groups -OCH3 is 1. The third-order valence-corrected chi connectivity index (χ3v) is 5.54. The number of hydrogen-bond acceptors (Lipinski definition) is 8. The van der Waals surface area contributed by atoms with Crippen LogP contribution in [0.5, 0.6) is 5.75 Å². The number of hydrogen-bond donors (Lipinski definition) is 2. The molecule has 2 N–H and O–H groups in total. The lowest BCUT2D eigenvalue weighted by atomic mass is 9.96. The molecule has 0 saturated heterocycles. The molecule has 0 saturated carbocycles. The molecule has 0 aliphatic heterocycles. The quantitative estimate of drug-likeness (QED) is 0.435. The minimum absolute atomic E-state index is 0.0891. The van der Waals surface area contributed by atoms with Gasteiger partial charge in [0.15, 0.2) is 11.4 Å². The van der Waals surface area contributed by atoms with Crippen LogP contribution in [0.15, 0.2) is 55.1 Å². The number of rotatable bonds is 7. The highest BCUT2D eigenvalue weighted by molar-refractivity contribution is 6.06. The van der Waals surface area contributed by atoms with Gasteiger partial charge in [-0.05, 0) is 17.7 Å². The Hall–Kier alpha value is -4.58. The van der Waals surface area contributed by atoms with E-state index in [9.17, 15) is 4.79 Å². The molecular formula is C25H23N7O2. The molecule has 0 radical (unpaired) electrons. The zero-order valence-corrected chi connectivity index (χ0v) is 19.0. The smallest absolute Gasteiger partial charge is 0.251 e. The molecule has 0 fully saturated rings. The molecule has 170 valence electrons. The SMILES string of the molecule is CNC(=O)c1ccnc2c([C@H](C)CNc3cc(-c4cnc(C#N)c(OC)c4)ncn3)cccc12. The lowest BCUT2D eigenvalue weighted by molar-refractivity contribution is 0.0964. The standard InChI is InChI=1S/C25H23N7O2/c1-15(17-5-4-6-18-19(25(33)27-2)7-8-28-24(17)18)12-30-23-10-20(31-14-32-23)16-9-22(34-3)21(11-26)29-13-16/h4-10,13-15H,12H2,1-3H3,(H,27,33)(H,30,31,32)/t15-/m1/s1. The molecule has 0 unspecified atom stereocenters. The number of benzene rings is 1. The Morgan fingerprint density at radius 1 is 1.18 bits per heavy atom. The summed E-state index contributed by atoms with van der Waals surface area (Å²) in [5.41, 5.74) is 4.03. The molecule has 1 amide bonds. The van der Waals surface area contributed by atoms with Gasteiger partial charge in [-0.3, -0.25) is 9.78 Å². The zero-order chi connectivity index (χ0) is 24.1. The number of nitrogens with zero attached hydrogens (tertiary/aromatic N) is 5. The monoisotopic (exact) mass is 453 g/mol. The summed E-state index contributed by atoms with van der Waals surface area (Å²) < 4.78 is 5.25. The fourth-order valence-electron chi connectivity index (χ4n) is 3.73. The molecule has 1 aromatic carbocycles. The van der Waals surface area contributed by atoms with Gasteiger partial charge < -0.3 is 15.4 Å². The maximum atomic E-state index is 12.3. The highest BCUT2D eigenvalue weighted by Crippen LogP contribution is 2.28. The minimum Gasteiger partial charge on any atom is -0.494 e. The third kappa shape index (κ3) is 4.47. The van der Waals surface area contributed by atoms with Crippen LogP contribution in [0.25, 0.3) is 22.2 Å². The van der Waals surface area contributed by atoms with Crippen molar-refractivity contribution in [1.82, 2.24) is 25.3 Å². The molecule has 0 aliphatic carbocycles. The van der Waals surface area contributed by atoms with Crippen molar-refractivity contribution in [3.05, 3.63) is 71.9 Å². The van der Waals surface area contributed by atoms with Gasteiger partial charge in [-0.1, -0.05) is 25.1 Å². The summed E-state index contributed by atoms with van der Waals surface area (Å²) in [4.78, 5) is 29.6. The number of carbonyl (C=O) groups is 1. The van der Waals surface area contributed by atoms with Crippen LogP contribution in [0.1, 0.15) is 34.5 Å². The first-order valence-corrected chi connectivity index (χ1v) is 10.7. The summed E-state index contributed by atoms with van der Waals surface area (Å²) in [5.74, 6) is 0.990. The average molecular weight is 454 g/mol. The molecule has 0 aliphatic rings. The van der Waals surface area contributed by atoms with Crippen LogP contribution in [0, 0.1) is 11.3 Å². The van der Waals surface area contributed by atoms with Crippen LogP contribution in [0.2, 0.25) is 0 Å². The predicted molar refractivity (Wildman–Crippen MR) is 129 cm³/mol. The summed E-state index contributed by atoms with van der Waals surface area (Å²) in [6, 6.07) is 13.1. The predicted octanol–water partition coefficient (Wildman–Crippen LogP) is 3.54. The number of nitrogens with one attached hydrogen (secondary N) is 2. The van der Waals surface area contributed by atoms with Crippen molar-refractivity contribution < 1.29 is 9.53 Å². The molecule has 34 heavy (non-hydrogen) atoms. The second kappa shape index (κ2) is 9.92. The second-order valence-corrected chi connectivity index (χ2v) is 7.64. The number of aromatic nitrogens is 4. The van der Waals surface area contributed by atoms with Crippen molar-refractivity contribution in [3.8, 4) is 23.1 Å². The molecule has 9 nitrogen and oxygen atoms in total. The van der Waals surface area contributed by atoms with E-state index < -0.39 is 0 Å². The summed E-state index contributed by atoms with van der Waals surface area (Å²) >= 11 is 0. The molecule has 4 rings (SSSR count). The van der Waals surface area contributed by atoms with Gasteiger partial charge in [-0.2, -0.15) is 5.26 Å². The molecule has 0 spiro atoms. The van der Waals surface area contributed by atoms with Crippen LogP contribution >= 0.6 is 0 Å². The Balaban J connectivity index is 1.56. The number of pyridine rings is 2. The molecule has 0 bridgehead atoms. The lowest BCUT2D eigenvalue weighted by Crippen LogP contribution is -2.18. The first-order valence-electron chi connectivity index (χ1n) is 10.7. The highest BCUT2D eigenvalue weighted by Gasteiger charge is 2.15. The number of nitriles is 1. The summed E-state index contributed by atoms with van der Waals surface area (Å²) in [6.45, 7) is 2.68. The van der Waals surface area contributed by atoms with Crippen molar-refractivity contribution in [2.75, 3.05) is 26.0 Å². The number of amides is 1. The fraction of sp³-hybridized carbons (Fsp3) is 0.200. The maximum absolute atomic E-state index is 12.3. The molecule has 3 aromatic heterocycles. The van der Waals surface area contributed by atoms with E-state index in [1.54, 1.807) is 31.6 Å². The Bertz CT molecular complexity index is 1400. The Morgan fingerprint density at radius 2 is 2.03 bits per heavy atom. The van der Waals surface area contributed by atoms with Crippen molar-refractivity contribution >= 4 is 22.6 Å². The zero-order valence-electron chi connectivity index (χ0n) is 19.0. The van der Waals surface area contributed by atoms with Gasteiger partial charge in [0.25, 0.3) is 5.91 Å². The Labute approximate surface area is 196 Å². The average Bonchev–Trinajstić information content (AvgIpc) is 2.90. The molecule has 1 atom stereocenters. The van der Waals surface area contributed by atoms with E-state index in [1.165, 1.54) is 13.4 Å². The maximum Gasteiger partial charge on any atom is 0.251 e. The first kappa shape index (κ1) is 22.6.